The third-order valence-electron chi connectivity index (χ3n) is 13.3. The molecule has 1 aliphatic rings. The Kier molecular flexibility index (Phi) is 41.0. The van der Waals surface area contributed by atoms with Gasteiger partial charge in [0, 0.05) is 6.42 Å². The summed E-state index contributed by atoms with van der Waals surface area (Å²) in [5.74, 6) is -0.232. The molecular weight excluding hydrogens is 791 g/mol. The molecule has 4 unspecified atom stereocenters. The Morgan fingerprint density at radius 1 is 0.524 bits per heavy atom. The first kappa shape index (κ1) is 59.7. The van der Waals surface area contributed by atoms with Crippen molar-refractivity contribution in [3.63, 3.8) is 0 Å². The van der Waals surface area contributed by atoms with Crippen LogP contribution >= 0.6 is 0 Å². The molecule has 1 aliphatic heterocycles. The minimum Gasteiger partial charge on any atom is -0.394 e. The smallest absolute Gasteiger partial charge is 0.220 e. The summed E-state index contributed by atoms with van der Waals surface area (Å²) in [5.41, 5.74) is 0. The van der Waals surface area contributed by atoms with Crippen molar-refractivity contribution in [2.24, 2.45) is 0 Å². The minimum absolute atomic E-state index is 0.232. The molecule has 9 nitrogen and oxygen atoms in total. The maximum atomic E-state index is 13.1. The van der Waals surface area contributed by atoms with Crippen LogP contribution in [0.15, 0.2) is 24.3 Å². The zero-order valence-corrected chi connectivity index (χ0v) is 41.0. The Morgan fingerprint density at radius 3 is 1.32 bits per heavy atom. The number of unbranched alkanes of at least 4 members (excludes halogenated alkanes) is 33. The fourth-order valence-electron chi connectivity index (χ4n) is 8.93. The van der Waals surface area contributed by atoms with Crippen LogP contribution in [0.1, 0.15) is 258 Å². The fraction of sp³-hybridized carbons (Fsp3) is 0.907. The van der Waals surface area contributed by atoms with Crippen molar-refractivity contribution in [2.45, 2.75) is 307 Å². The van der Waals surface area contributed by atoms with Gasteiger partial charge in [0.25, 0.3) is 0 Å². The van der Waals surface area contributed by atoms with Crippen LogP contribution in [-0.2, 0) is 9.53 Å². The molecule has 0 aromatic rings. The van der Waals surface area contributed by atoms with Crippen LogP contribution in [0.4, 0.5) is 0 Å². The van der Waals surface area contributed by atoms with Gasteiger partial charge < -0.3 is 40.7 Å². The molecule has 9 heteroatoms. The van der Waals surface area contributed by atoms with Gasteiger partial charge in [-0.05, 0) is 38.5 Å². The molecule has 8 atom stereocenters. The number of hydrogen-bond acceptors (Lipinski definition) is 8. The second kappa shape index (κ2) is 43.3. The van der Waals surface area contributed by atoms with E-state index in [0.717, 1.165) is 51.4 Å². The molecule has 0 saturated carbocycles. The molecule has 0 aliphatic carbocycles. The monoisotopic (exact) mass is 894 g/mol. The van der Waals surface area contributed by atoms with E-state index >= 15 is 0 Å². The lowest BCUT2D eigenvalue weighted by Crippen LogP contribution is -2.58. The van der Waals surface area contributed by atoms with Crippen LogP contribution in [0.3, 0.4) is 0 Å². The first-order valence-corrected chi connectivity index (χ1v) is 27.1. The quantitative estimate of drug-likeness (QED) is 0.0235. The van der Waals surface area contributed by atoms with Crippen molar-refractivity contribution in [3.8, 4) is 0 Å². The molecule has 0 aromatic heterocycles. The minimum atomic E-state index is -1.53. The molecule has 1 saturated heterocycles. The van der Waals surface area contributed by atoms with Crippen molar-refractivity contribution < 1.29 is 40.2 Å². The van der Waals surface area contributed by atoms with Crippen LogP contribution in [0, 0.1) is 0 Å². The molecule has 0 aromatic carbocycles. The average molecular weight is 894 g/mol. The lowest BCUT2D eigenvalue weighted by Gasteiger charge is -2.39. The van der Waals surface area contributed by atoms with Gasteiger partial charge >= 0.3 is 0 Å². The predicted molar refractivity (Wildman–Crippen MR) is 263 cm³/mol. The van der Waals surface area contributed by atoms with Crippen LogP contribution in [0.25, 0.3) is 0 Å². The van der Waals surface area contributed by atoms with E-state index in [-0.39, 0.29) is 5.91 Å². The third kappa shape index (κ3) is 32.9. The lowest BCUT2D eigenvalue weighted by molar-refractivity contribution is -0.216. The summed E-state index contributed by atoms with van der Waals surface area (Å²) in [7, 11) is 0. The molecule has 1 heterocycles. The summed E-state index contributed by atoms with van der Waals surface area (Å²) in [6, 6.07) is -0.950. The van der Waals surface area contributed by atoms with Gasteiger partial charge in [-0.1, -0.05) is 237 Å². The van der Waals surface area contributed by atoms with E-state index in [0.29, 0.717) is 12.8 Å². The number of carbonyl (C=O) groups excluding carboxylic acids is 1. The number of aliphatic hydroxyl groups excluding tert-OH is 6. The second-order valence-electron chi connectivity index (χ2n) is 19.2. The highest BCUT2D eigenvalue weighted by atomic mass is 16.5. The van der Waals surface area contributed by atoms with Crippen molar-refractivity contribution in [3.05, 3.63) is 24.3 Å². The van der Waals surface area contributed by atoms with Crippen molar-refractivity contribution >= 4 is 5.91 Å². The number of allylic oxidation sites excluding steroid dienone is 2. The largest absolute Gasteiger partial charge is 0.394 e. The van der Waals surface area contributed by atoms with E-state index in [2.05, 4.69) is 31.3 Å². The number of amides is 1. The number of rotatable bonds is 45. The maximum absolute atomic E-state index is 13.1. The van der Waals surface area contributed by atoms with E-state index in [4.69, 9.17) is 4.74 Å². The standard InChI is InChI=1S/C54H103NO8/c1-3-5-7-9-11-13-15-17-18-19-20-21-22-23-24-25-26-27-28-29-30-32-34-36-38-40-42-50(58)55-46(43-44-48-52(60)54(62)53(61)49(45-56)63-48)51(59)47(57)41-39-37-35-33-31-16-14-12-10-8-6-4-2/h27-28,43-44,46-49,51-54,56-57,59-62H,3-26,29-42,45H2,1-2H3,(H,55,58)/b28-27+,44-43+/t46?,47-,48-,49?,51+,52?,53+,54?/m1/s1. The van der Waals surface area contributed by atoms with Gasteiger partial charge in [-0.15, -0.1) is 0 Å². The average Bonchev–Trinajstić information content (AvgIpc) is 3.28. The zero-order chi connectivity index (χ0) is 46.0. The number of nitrogens with one attached hydrogen (secondary N) is 1. The van der Waals surface area contributed by atoms with Gasteiger partial charge in [0.05, 0.1) is 18.8 Å². The molecule has 0 bridgehead atoms. The first-order chi connectivity index (χ1) is 30.8. The summed E-state index contributed by atoms with van der Waals surface area (Å²) in [4.78, 5) is 13.1. The van der Waals surface area contributed by atoms with Crippen molar-refractivity contribution in [1.82, 2.24) is 5.32 Å². The van der Waals surface area contributed by atoms with Crippen molar-refractivity contribution in [2.75, 3.05) is 6.61 Å². The van der Waals surface area contributed by atoms with Gasteiger partial charge in [-0.3, -0.25) is 4.79 Å². The Labute approximate surface area is 387 Å². The molecule has 1 amide bonds. The molecule has 63 heavy (non-hydrogen) atoms. The molecule has 1 fully saturated rings. The second-order valence-corrected chi connectivity index (χ2v) is 19.2. The maximum Gasteiger partial charge on any atom is 0.220 e. The highest BCUT2D eigenvalue weighted by Crippen LogP contribution is 2.23. The van der Waals surface area contributed by atoms with Gasteiger partial charge in [0.2, 0.25) is 5.91 Å². The topological polar surface area (TPSA) is 160 Å². The Hall–Kier alpha value is -1.33. The lowest BCUT2D eigenvalue weighted by atomic mass is 9.93. The molecule has 7 N–H and O–H groups in total. The summed E-state index contributed by atoms with van der Waals surface area (Å²) in [6.07, 6.45) is 44.8. The first-order valence-electron chi connectivity index (χ1n) is 27.1. The van der Waals surface area contributed by atoms with Gasteiger partial charge in [0.15, 0.2) is 0 Å². The van der Waals surface area contributed by atoms with E-state index < -0.39 is 55.4 Å². The van der Waals surface area contributed by atoms with E-state index in [9.17, 15) is 35.4 Å². The van der Waals surface area contributed by atoms with Crippen LogP contribution in [0.2, 0.25) is 0 Å². The molecular formula is C54H103NO8. The Bertz CT molecular complexity index is 1050. The number of ether oxygens (including phenoxy) is 1. The van der Waals surface area contributed by atoms with Crippen molar-refractivity contribution in [1.29, 1.82) is 0 Å². The Balaban J connectivity index is 2.27. The SMILES string of the molecule is CCCCCCCCCCCCCCCCCC/C=C/CCCCCCCCC(=O)NC(/C=C/[C@H]1OC(CO)[C@H](O)C(O)C1O)[C@H](O)[C@H](O)CCCCCCCCCCCCCC. The van der Waals surface area contributed by atoms with Crippen LogP contribution in [0.5, 0.6) is 0 Å². The molecule has 1 rings (SSSR count). The van der Waals surface area contributed by atoms with E-state index in [1.807, 2.05) is 0 Å². The van der Waals surface area contributed by atoms with Gasteiger partial charge in [-0.2, -0.15) is 0 Å². The molecule has 0 radical (unpaired) electrons. The Morgan fingerprint density at radius 2 is 0.905 bits per heavy atom. The summed E-state index contributed by atoms with van der Waals surface area (Å²) in [6.45, 7) is 3.98. The molecule has 0 spiro atoms. The normalized spacial score (nSPS) is 20.8. The molecule has 372 valence electrons. The van der Waals surface area contributed by atoms with Crippen LogP contribution < -0.4 is 5.32 Å². The third-order valence-corrected chi connectivity index (χ3v) is 13.3. The van der Waals surface area contributed by atoms with Gasteiger partial charge in [-0.25, -0.2) is 0 Å². The highest BCUT2D eigenvalue weighted by Gasteiger charge is 2.42. The van der Waals surface area contributed by atoms with Gasteiger partial charge in [0.1, 0.15) is 36.6 Å². The number of carbonyl (C=O) groups is 1. The predicted octanol–water partition coefficient (Wildman–Crippen LogP) is 12.0. The summed E-state index contributed by atoms with van der Waals surface area (Å²) < 4.78 is 5.60. The summed E-state index contributed by atoms with van der Waals surface area (Å²) >= 11 is 0. The van der Waals surface area contributed by atoms with E-state index in [1.54, 1.807) is 0 Å². The number of hydrogen-bond donors (Lipinski definition) is 7. The highest BCUT2D eigenvalue weighted by molar-refractivity contribution is 5.76. The number of aliphatic hydroxyl groups is 6. The zero-order valence-electron chi connectivity index (χ0n) is 41.0. The van der Waals surface area contributed by atoms with E-state index in [1.165, 1.54) is 192 Å². The van der Waals surface area contributed by atoms with Crippen LogP contribution in [-0.4, -0.2) is 91.9 Å². The summed E-state index contributed by atoms with van der Waals surface area (Å²) in [5, 5.41) is 65.6. The fourth-order valence-corrected chi connectivity index (χ4v) is 8.93.